The molecule has 0 bridgehead atoms. The second kappa shape index (κ2) is 17.2. The minimum atomic E-state index is -0.0555. The van der Waals surface area contributed by atoms with Gasteiger partial charge in [-0.3, -0.25) is 0 Å². The lowest BCUT2D eigenvalue weighted by Gasteiger charge is -2.33. The first kappa shape index (κ1) is 48.3. The van der Waals surface area contributed by atoms with Crippen LogP contribution in [0.3, 0.4) is 0 Å². The van der Waals surface area contributed by atoms with E-state index in [4.69, 9.17) is 0 Å². The lowest BCUT2D eigenvalue weighted by molar-refractivity contribution is 0.553. The minimum absolute atomic E-state index is 0.0265. The zero-order valence-corrected chi connectivity index (χ0v) is 45.5. The van der Waals surface area contributed by atoms with Crippen LogP contribution in [-0.4, -0.2) is 0 Å². The Balaban J connectivity index is 1.70. The lowest BCUT2D eigenvalue weighted by atomic mass is 9.75. The van der Waals surface area contributed by atoms with Gasteiger partial charge in [-0.1, -0.05) is 226 Å². The van der Waals surface area contributed by atoms with Crippen molar-refractivity contribution in [3.05, 3.63) is 151 Å². The fraction of sp³-hybridized carbons (Fsp3) is 0.400. The molecule has 0 radical (unpaired) electrons. The maximum atomic E-state index is 2.55. The lowest BCUT2D eigenvalue weighted by Crippen LogP contribution is -2.30. The van der Waals surface area contributed by atoms with Gasteiger partial charge in [0.05, 0.1) is 0 Å². The van der Waals surface area contributed by atoms with E-state index in [1.807, 2.05) is 22.7 Å². The number of rotatable bonds is 6. The highest BCUT2D eigenvalue weighted by molar-refractivity contribution is 7.42. The summed E-state index contributed by atoms with van der Waals surface area (Å²) in [6, 6.07) is 37.9. The smallest absolute Gasteiger partial charge is 0.0342 e. The Bertz CT molecular complexity index is 2590. The van der Waals surface area contributed by atoms with Crippen molar-refractivity contribution < 1.29 is 0 Å². The van der Waals surface area contributed by atoms with Crippen LogP contribution >= 0.6 is 39.1 Å². The molecule has 5 aromatic carbocycles. The van der Waals surface area contributed by atoms with Crippen molar-refractivity contribution in [2.24, 2.45) is 0 Å². The van der Waals surface area contributed by atoms with Crippen LogP contribution in [0.2, 0.25) is 0 Å². The number of hydrogen-bond donors (Lipinski definition) is 0. The normalized spacial score (nSPS) is 14.0. The molecule has 334 valence electrons. The van der Waals surface area contributed by atoms with E-state index in [-0.39, 0.29) is 32.5 Å². The summed E-state index contributed by atoms with van der Waals surface area (Å²) in [4.78, 5) is 5.50. The highest BCUT2D eigenvalue weighted by Gasteiger charge is 2.32. The van der Waals surface area contributed by atoms with E-state index in [1.54, 1.807) is 0 Å². The van der Waals surface area contributed by atoms with Gasteiger partial charge in [0, 0.05) is 41.4 Å². The molecule has 0 saturated heterocycles. The van der Waals surface area contributed by atoms with Crippen molar-refractivity contribution in [1.29, 1.82) is 0 Å². The molecular weight excluding hydrogens is 847 g/mol. The van der Waals surface area contributed by atoms with E-state index >= 15 is 0 Å². The molecule has 0 saturated carbocycles. The molecule has 7 rings (SSSR count). The second-order valence-electron chi connectivity index (χ2n) is 24.1. The number of benzene rings is 4. The zero-order valence-electron chi connectivity index (χ0n) is 42.1. The summed E-state index contributed by atoms with van der Waals surface area (Å²) in [5.74, 6) is 0. The molecule has 0 atom stereocenters. The number of hydrogen-bond acceptors (Lipinski definition) is 2. The molecule has 0 N–H and O–H groups in total. The fourth-order valence-electron chi connectivity index (χ4n) is 8.57. The van der Waals surface area contributed by atoms with E-state index in [0.717, 1.165) is 0 Å². The molecule has 0 fully saturated rings. The molecule has 0 aliphatic carbocycles. The molecule has 2 aromatic heterocycles. The van der Waals surface area contributed by atoms with Crippen molar-refractivity contribution in [2.45, 2.75) is 157 Å². The van der Waals surface area contributed by atoms with Gasteiger partial charge < -0.3 is 0 Å². The predicted molar refractivity (Wildman–Crippen MR) is 291 cm³/mol. The van der Waals surface area contributed by atoms with Crippen LogP contribution in [0.25, 0.3) is 43.1 Å². The topological polar surface area (TPSA) is 0 Å². The average molecular weight is 919 g/mol. The minimum Gasteiger partial charge on any atom is -0.144 e. The molecule has 64 heavy (non-hydrogen) atoms. The van der Waals surface area contributed by atoms with Gasteiger partial charge in [0.2, 0.25) is 0 Å². The maximum Gasteiger partial charge on any atom is 0.0342 e. The average Bonchev–Trinajstić information content (AvgIpc) is 3.92. The summed E-state index contributed by atoms with van der Waals surface area (Å²) in [6.45, 7) is 43.2. The SMILES string of the molecule is CC(C)(C)c1cc(C(C)(C)C)c(P=c2c(-c3ccc(-c4cccs4)cc3)c(-c3ccc(-c4cccs4)cc3)c2=Pc2c(C(C)(C)C)cc(C(C)(C)C)cc2C(C)(C)C)c(C(C)(C)C)c1. The Hall–Kier alpha value is -3.64. The van der Waals surface area contributed by atoms with Gasteiger partial charge in [0.15, 0.2) is 0 Å². The van der Waals surface area contributed by atoms with Gasteiger partial charge in [-0.05, 0) is 111 Å². The van der Waals surface area contributed by atoms with E-state index < -0.39 is 0 Å². The summed E-state index contributed by atoms with van der Waals surface area (Å²) in [6.07, 6.45) is 0. The van der Waals surface area contributed by atoms with Crippen LogP contribution in [0.1, 0.15) is 158 Å². The van der Waals surface area contributed by atoms with Crippen LogP contribution < -0.4 is 10.6 Å². The molecule has 0 aliphatic rings. The monoisotopic (exact) mass is 918 g/mol. The maximum absolute atomic E-state index is 2.55. The summed E-state index contributed by atoms with van der Waals surface area (Å²) >= 11 is 3.62. The Morgan fingerprint density at radius 3 is 0.812 bits per heavy atom. The first-order valence-corrected chi connectivity index (χ1v) is 26.7. The van der Waals surface area contributed by atoms with Crippen molar-refractivity contribution in [2.75, 3.05) is 0 Å². The summed E-state index contributed by atoms with van der Waals surface area (Å²) < 4.78 is 0. The molecule has 0 aliphatic heterocycles. The van der Waals surface area contributed by atoms with Crippen molar-refractivity contribution in [1.82, 2.24) is 0 Å². The van der Waals surface area contributed by atoms with Crippen LogP contribution in [0, 0.1) is 9.88 Å². The zero-order chi connectivity index (χ0) is 46.9. The number of thiophene rings is 2. The van der Waals surface area contributed by atoms with E-state index in [9.17, 15) is 0 Å². The third-order valence-corrected chi connectivity index (χ3v) is 17.3. The van der Waals surface area contributed by atoms with Crippen LogP contribution in [0.5, 0.6) is 0 Å². The van der Waals surface area contributed by atoms with Gasteiger partial charge in [-0.25, -0.2) is 0 Å². The van der Waals surface area contributed by atoms with E-state index in [1.165, 1.54) is 113 Å². The quantitative estimate of drug-likeness (QED) is 0.146. The molecular formula is C60H72P2S2. The summed E-state index contributed by atoms with van der Waals surface area (Å²) in [7, 11) is 2.53. The molecule has 4 heteroatoms. The first-order chi connectivity index (χ1) is 29.5. The molecule has 0 amide bonds. The van der Waals surface area contributed by atoms with Gasteiger partial charge in [0.1, 0.15) is 0 Å². The summed E-state index contributed by atoms with van der Waals surface area (Å²) in [5.41, 5.74) is 16.4. The molecule has 0 unspecified atom stereocenters. The third kappa shape index (κ3) is 10.0. The van der Waals surface area contributed by atoms with Gasteiger partial charge >= 0.3 is 0 Å². The van der Waals surface area contributed by atoms with Crippen molar-refractivity contribution >= 4 is 49.7 Å². The predicted octanol–water partition coefficient (Wildman–Crippen LogP) is 18.7. The Morgan fingerprint density at radius 1 is 0.328 bits per heavy atom. The standard InChI is InChI=1S/C60H72P2S2/c1-55(2,3)41-33-43(57(7,8)9)51(44(34-41)58(10,11)12)61-53-49(39-27-23-37(24-28-39)47-21-19-31-63-47)50(40-29-25-38(26-30-40)48-22-20-32-64-48)54(53)62-52-45(59(13,14)15)35-42(56(4,5)6)36-46(52)60(16,17)18/h19-36H,1-18H3. The van der Waals surface area contributed by atoms with E-state index in [2.05, 4.69) is 232 Å². The molecule has 0 spiro atoms. The van der Waals surface area contributed by atoms with Crippen molar-refractivity contribution in [3.8, 4) is 43.1 Å². The summed E-state index contributed by atoms with van der Waals surface area (Å²) in [5, 5.41) is 7.28. The third-order valence-electron chi connectivity index (χ3n) is 12.5. The Morgan fingerprint density at radius 2 is 0.594 bits per heavy atom. The van der Waals surface area contributed by atoms with Crippen LogP contribution in [0.15, 0.2) is 108 Å². The fourth-order valence-corrected chi connectivity index (χ4v) is 14.0. The Labute approximate surface area is 398 Å². The highest BCUT2D eigenvalue weighted by Crippen LogP contribution is 2.47. The van der Waals surface area contributed by atoms with Gasteiger partial charge in [-0.15, -0.1) is 22.7 Å². The van der Waals surface area contributed by atoms with Gasteiger partial charge in [-0.2, -0.15) is 0 Å². The molecule has 0 nitrogen and oxygen atoms in total. The molecule has 2 heterocycles. The van der Waals surface area contributed by atoms with Crippen LogP contribution in [-0.2, 0) is 32.5 Å². The van der Waals surface area contributed by atoms with Crippen LogP contribution in [0.4, 0.5) is 0 Å². The largest absolute Gasteiger partial charge is 0.144 e. The van der Waals surface area contributed by atoms with Crippen molar-refractivity contribution in [3.63, 3.8) is 0 Å². The highest BCUT2D eigenvalue weighted by atomic mass is 32.1. The van der Waals surface area contributed by atoms with Gasteiger partial charge in [0.25, 0.3) is 0 Å². The first-order valence-electron chi connectivity index (χ1n) is 23.1. The molecule has 7 aromatic rings. The second-order valence-corrected chi connectivity index (χ2v) is 28.3. The van der Waals surface area contributed by atoms with E-state index in [0.29, 0.717) is 0 Å². The Kier molecular flexibility index (Phi) is 13.0.